The van der Waals surface area contributed by atoms with Crippen molar-refractivity contribution < 1.29 is 13.6 Å². The van der Waals surface area contributed by atoms with Crippen LogP contribution in [0.1, 0.15) is 38.7 Å². The molecule has 1 N–H and O–H groups in total. The van der Waals surface area contributed by atoms with Crippen molar-refractivity contribution in [3.05, 3.63) is 66.1 Å². The quantitative estimate of drug-likeness (QED) is 0.603. The number of pyridine rings is 2. The van der Waals surface area contributed by atoms with Gasteiger partial charge in [-0.25, -0.2) is 8.78 Å². The van der Waals surface area contributed by atoms with E-state index in [0.29, 0.717) is 30.5 Å². The third-order valence-electron chi connectivity index (χ3n) is 5.24. The van der Waals surface area contributed by atoms with Crippen molar-refractivity contribution in [3.8, 4) is 0 Å². The molecule has 1 unspecified atom stereocenters. The van der Waals surface area contributed by atoms with Gasteiger partial charge in [-0.1, -0.05) is 38.5 Å². The van der Waals surface area contributed by atoms with Gasteiger partial charge < -0.3 is 5.32 Å². The van der Waals surface area contributed by atoms with Crippen LogP contribution in [0.3, 0.4) is 0 Å². The Hall–Kier alpha value is -2.89. The molecule has 0 saturated carbocycles. The van der Waals surface area contributed by atoms with Gasteiger partial charge in [-0.15, -0.1) is 0 Å². The fourth-order valence-electron chi connectivity index (χ4n) is 3.63. The number of fused-ring (bicyclic) bond motifs is 1. The number of hydrogen-bond donors (Lipinski definition) is 1. The van der Waals surface area contributed by atoms with Gasteiger partial charge in [0.15, 0.2) is 0 Å². The summed E-state index contributed by atoms with van der Waals surface area (Å²) in [4.78, 5) is 21.2. The van der Waals surface area contributed by atoms with Crippen LogP contribution in [-0.4, -0.2) is 15.9 Å². The minimum atomic E-state index is -0.936. The Morgan fingerprint density at radius 2 is 1.82 bits per heavy atom. The van der Waals surface area contributed by atoms with E-state index in [0.717, 1.165) is 17.8 Å². The highest BCUT2D eigenvalue weighted by Gasteiger charge is 2.38. The van der Waals surface area contributed by atoms with Gasteiger partial charge in [0.25, 0.3) is 0 Å². The van der Waals surface area contributed by atoms with E-state index >= 15 is 0 Å². The first kappa shape index (κ1) is 19.9. The van der Waals surface area contributed by atoms with Crippen LogP contribution >= 0.6 is 0 Å². The monoisotopic (exact) mass is 383 g/mol. The number of carbonyl (C=O) groups excluding carboxylic acids is 1. The fourth-order valence-corrected chi connectivity index (χ4v) is 3.63. The van der Waals surface area contributed by atoms with Gasteiger partial charge in [-0.2, -0.15) is 0 Å². The van der Waals surface area contributed by atoms with Crippen molar-refractivity contribution in [3.63, 3.8) is 0 Å². The molecule has 0 spiro atoms. The summed E-state index contributed by atoms with van der Waals surface area (Å²) in [5.74, 6) is -1.72. The molecule has 1 amide bonds. The van der Waals surface area contributed by atoms with E-state index in [-0.39, 0.29) is 17.9 Å². The van der Waals surface area contributed by atoms with Crippen molar-refractivity contribution in [2.75, 3.05) is 5.32 Å². The summed E-state index contributed by atoms with van der Waals surface area (Å²) in [7, 11) is 0. The lowest BCUT2D eigenvalue weighted by atomic mass is 9.74. The molecule has 2 heterocycles. The molecular weight excluding hydrogens is 360 g/mol. The number of hydrogen-bond acceptors (Lipinski definition) is 3. The Morgan fingerprint density at radius 1 is 1.11 bits per heavy atom. The van der Waals surface area contributed by atoms with Crippen LogP contribution in [0.4, 0.5) is 14.5 Å². The molecule has 0 fully saturated rings. The summed E-state index contributed by atoms with van der Waals surface area (Å²) in [6.07, 6.45) is 5.28. The highest BCUT2D eigenvalue weighted by atomic mass is 19.1. The van der Waals surface area contributed by atoms with Gasteiger partial charge >= 0.3 is 0 Å². The number of benzene rings is 1. The van der Waals surface area contributed by atoms with E-state index in [1.165, 1.54) is 0 Å². The van der Waals surface area contributed by atoms with Crippen molar-refractivity contribution in [2.24, 2.45) is 5.41 Å². The predicted octanol–water partition coefficient (Wildman–Crippen LogP) is 5.29. The van der Waals surface area contributed by atoms with E-state index in [9.17, 15) is 13.6 Å². The van der Waals surface area contributed by atoms with Crippen LogP contribution in [0.15, 0.2) is 48.9 Å². The third-order valence-corrected chi connectivity index (χ3v) is 5.24. The van der Waals surface area contributed by atoms with E-state index in [1.807, 2.05) is 38.1 Å². The highest BCUT2D eigenvalue weighted by Crippen LogP contribution is 2.36. The molecule has 6 heteroatoms. The Labute approximate surface area is 163 Å². The molecule has 0 aliphatic rings. The van der Waals surface area contributed by atoms with Gasteiger partial charge in [0.2, 0.25) is 5.91 Å². The lowest BCUT2D eigenvalue weighted by molar-refractivity contribution is -0.126. The molecule has 0 saturated heterocycles. The third kappa shape index (κ3) is 3.86. The lowest BCUT2D eigenvalue weighted by Crippen LogP contribution is -2.38. The zero-order valence-electron chi connectivity index (χ0n) is 16.0. The van der Waals surface area contributed by atoms with Gasteiger partial charge in [-0.3, -0.25) is 14.8 Å². The zero-order valence-corrected chi connectivity index (χ0v) is 16.0. The molecule has 3 rings (SSSR count). The molecule has 146 valence electrons. The number of anilines is 1. The minimum Gasteiger partial charge on any atom is -0.324 e. The second kappa shape index (κ2) is 8.42. The molecule has 28 heavy (non-hydrogen) atoms. The van der Waals surface area contributed by atoms with Gasteiger partial charge in [0.05, 0.1) is 29.0 Å². The molecule has 3 aromatic rings. The lowest BCUT2D eigenvalue weighted by Gasteiger charge is -2.31. The number of carbonyl (C=O) groups is 1. The summed E-state index contributed by atoms with van der Waals surface area (Å²) >= 11 is 0. The Morgan fingerprint density at radius 3 is 2.50 bits per heavy atom. The molecule has 4 nitrogen and oxygen atoms in total. The first-order valence-corrected chi connectivity index (χ1v) is 9.44. The molecule has 0 bridgehead atoms. The van der Waals surface area contributed by atoms with E-state index in [4.69, 9.17) is 0 Å². The number of rotatable bonds is 7. The maximum Gasteiger partial charge on any atom is 0.230 e. The Balaban J connectivity index is 1.97. The first-order chi connectivity index (χ1) is 13.5. The van der Waals surface area contributed by atoms with Crippen molar-refractivity contribution >= 4 is 22.5 Å². The topological polar surface area (TPSA) is 54.9 Å². The molecule has 0 radical (unpaired) electrons. The van der Waals surface area contributed by atoms with E-state index < -0.39 is 17.0 Å². The second-order valence-corrected chi connectivity index (χ2v) is 6.98. The van der Waals surface area contributed by atoms with Gasteiger partial charge in [-0.05, 0) is 31.4 Å². The normalized spacial score (nSPS) is 13.3. The summed E-state index contributed by atoms with van der Waals surface area (Å²) in [6, 6.07) is 9.29. The van der Waals surface area contributed by atoms with Crippen LogP contribution in [0.5, 0.6) is 0 Å². The number of aromatic nitrogens is 2. The number of nitrogens with zero attached hydrogens (tertiary/aromatic N) is 2. The number of amides is 1. The predicted molar refractivity (Wildman–Crippen MR) is 106 cm³/mol. The molecule has 0 aliphatic carbocycles. The summed E-state index contributed by atoms with van der Waals surface area (Å²) in [5, 5.41) is 3.87. The van der Waals surface area contributed by atoms with Crippen LogP contribution < -0.4 is 5.32 Å². The molecular formula is C22H23F2N3O. The van der Waals surface area contributed by atoms with Crippen LogP contribution in [-0.2, 0) is 11.2 Å². The maximum atomic E-state index is 14.2. The van der Waals surface area contributed by atoms with Crippen LogP contribution in [0, 0.1) is 17.0 Å². The van der Waals surface area contributed by atoms with Crippen molar-refractivity contribution in [1.29, 1.82) is 0 Å². The Kier molecular flexibility index (Phi) is 5.97. The second-order valence-electron chi connectivity index (χ2n) is 6.98. The molecule has 2 aromatic heterocycles. The highest BCUT2D eigenvalue weighted by molar-refractivity contribution is 6.02. The molecule has 1 atom stereocenters. The summed E-state index contributed by atoms with van der Waals surface area (Å²) < 4.78 is 28.4. The maximum absolute atomic E-state index is 14.2. The van der Waals surface area contributed by atoms with Crippen molar-refractivity contribution in [2.45, 2.75) is 39.5 Å². The smallest absolute Gasteiger partial charge is 0.230 e. The van der Waals surface area contributed by atoms with Crippen molar-refractivity contribution in [1.82, 2.24) is 9.97 Å². The SMILES string of the molecule is CCCC(CC)(Cc1c(F)cncc1F)C(=O)Nc1cccc2cccnc12. The standard InChI is InChI=1S/C22H23F2N3O/c1-3-10-22(4-2,12-16-17(23)13-25-14-18(16)24)21(28)27-19-9-5-7-15-8-6-11-26-20(15)19/h5-9,11,13-14H,3-4,10,12H2,1-2H3,(H,27,28). The first-order valence-electron chi connectivity index (χ1n) is 9.44. The Bertz CT molecular complexity index is 967. The molecule has 0 aliphatic heterocycles. The number of halogens is 2. The average molecular weight is 383 g/mol. The fraction of sp³-hybridized carbons (Fsp3) is 0.318. The zero-order chi connectivity index (χ0) is 20.1. The number of nitrogens with one attached hydrogen (secondary N) is 1. The average Bonchev–Trinajstić information content (AvgIpc) is 2.70. The number of para-hydroxylation sites is 1. The summed E-state index contributed by atoms with van der Waals surface area (Å²) in [5.41, 5.74) is 0.236. The largest absolute Gasteiger partial charge is 0.324 e. The van der Waals surface area contributed by atoms with E-state index in [1.54, 1.807) is 12.3 Å². The van der Waals surface area contributed by atoms with Crippen LogP contribution in [0.2, 0.25) is 0 Å². The van der Waals surface area contributed by atoms with Crippen LogP contribution in [0.25, 0.3) is 10.9 Å². The molecule has 1 aromatic carbocycles. The van der Waals surface area contributed by atoms with Gasteiger partial charge in [0.1, 0.15) is 11.6 Å². The summed E-state index contributed by atoms with van der Waals surface area (Å²) in [6.45, 7) is 3.82. The van der Waals surface area contributed by atoms with E-state index in [2.05, 4.69) is 15.3 Å². The minimum absolute atomic E-state index is 0.0262. The van der Waals surface area contributed by atoms with Gasteiger partial charge in [0, 0.05) is 17.1 Å².